The molecule has 1 aromatic carbocycles. The maximum atomic E-state index is 11.3. The number of hydrogen-bond acceptors (Lipinski definition) is 4. The number of carbonyl (C=O) groups excluding carboxylic acids is 3. The molecule has 5 heteroatoms. The molecule has 1 aliphatic rings. The molecule has 0 radical (unpaired) electrons. The predicted octanol–water partition coefficient (Wildman–Crippen LogP) is 0.751. The number of para-hydroxylation sites is 1. The molecule has 0 unspecified atom stereocenters. The number of imide groups is 1. The van der Waals surface area contributed by atoms with Gasteiger partial charge in [0.2, 0.25) is 0 Å². The van der Waals surface area contributed by atoms with Gasteiger partial charge in [-0.3, -0.25) is 19.8 Å². The first-order chi connectivity index (χ1) is 7.72. The first kappa shape index (κ1) is 10.1. The van der Waals surface area contributed by atoms with Crippen molar-refractivity contribution >= 4 is 23.8 Å². The highest BCUT2D eigenvalue weighted by Gasteiger charge is 2.23. The van der Waals surface area contributed by atoms with Crippen LogP contribution in [0, 0.1) is 0 Å². The van der Waals surface area contributed by atoms with Crippen LogP contribution in [0.2, 0.25) is 0 Å². The Morgan fingerprint density at radius 3 is 2.31 bits per heavy atom. The third kappa shape index (κ3) is 1.70. The zero-order valence-electron chi connectivity index (χ0n) is 8.21. The van der Waals surface area contributed by atoms with Crippen molar-refractivity contribution in [2.24, 2.45) is 0 Å². The summed E-state index contributed by atoms with van der Waals surface area (Å²) in [5.74, 6) is -0.906. The molecular weight excluding hydrogens is 208 g/mol. The van der Waals surface area contributed by atoms with E-state index in [0.717, 1.165) is 5.01 Å². The molecule has 0 saturated heterocycles. The minimum Gasteiger partial charge on any atom is -0.298 e. The highest BCUT2D eigenvalue weighted by molar-refractivity contribution is 6.13. The van der Waals surface area contributed by atoms with Crippen LogP contribution in [0.4, 0.5) is 5.69 Å². The van der Waals surface area contributed by atoms with Crippen LogP contribution in [0.5, 0.6) is 0 Å². The van der Waals surface area contributed by atoms with Gasteiger partial charge in [-0.25, -0.2) is 0 Å². The van der Waals surface area contributed by atoms with Crippen molar-refractivity contribution in [3.05, 3.63) is 42.0 Å². The molecule has 0 aliphatic carbocycles. The van der Waals surface area contributed by atoms with E-state index in [2.05, 4.69) is 5.43 Å². The highest BCUT2D eigenvalue weighted by atomic mass is 16.2. The minimum atomic E-state index is -0.453. The molecule has 2 rings (SSSR count). The quantitative estimate of drug-likeness (QED) is 0.598. The fourth-order valence-corrected chi connectivity index (χ4v) is 1.33. The second kappa shape index (κ2) is 3.98. The van der Waals surface area contributed by atoms with E-state index in [0.29, 0.717) is 17.5 Å². The van der Waals surface area contributed by atoms with Gasteiger partial charge in [0.25, 0.3) is 11.8 Å². The van der Waals surface area contributed by atoms with Crippen LogP contribution in [0.25, 0.3) is 0 Å². The molecule has 80 valence electrons. The summed E-state index contributed by atoms with van der Waals surface area (Å²) in [4.78, 5) is 33.2. The second-order valence-corrected chi connectivity index (χ2v) is 3.16. The van der Waals surface area contributed by atoms with E-state index < -0.39 is 11.8 Å². The van der Waals surface area contributed by atoms with Gasteiger partial charge in [-0.1, -0.05) is 12.1 Å². The number of nitrogens with zero attached hydrogens (tertiary/aromatic N) is 1. The predicted molar refractivity (Wildman–Crippen MR) is 56.4 cm³/mol. The number of hydrogen-bond donors (Lipinski definition) is 1. The van der Waals surface area contributed by atoms with Gasteiger partial charge in [0, 0.05) is 17.7 Å². The van der Waals surface area contributed by atoms with Crippen LogP contribution in [0.3, 0.4) is 0 Å². The fourth-order valence-electron chi connectivity index (χ4n) is 1.33. The van der Waals surface area contributed by atoms with Crippen LogP contribution < -0.4 is 5.43 Å². The molecule has 2 amide bonds. The summed E-state index contributed by atoms with van der Waals surface area (Å²) in [5, 5.41) is 0.850. The lowest BCUT2D eigenvalue weighted by atomic mass is 10.2. The third-order valence-corrected chi connectivity index (χ3v) is 2.13. The number of anilines is 1. The van der Waals surface area contributed by atoms with E-state index in [1.165, 1.54) is 12.2 Å². The zero-order chi connectivity index (χ0) is 11.5. The monoisotopic (exact) mass is 216 g/mol. The van der Waals surface area contributed by atoms with E-state index in [4.69, 9.17) is 0 Å². The Bertz CT molecular complexity index is 476. The topological polar surface area (TPSA) is 66.5 Å². The Morgan fingerprint density at radius 1 is 1.06 bits per heavy atom. The van der Waals surface area contributed by atoms with Crippen LogP contribution >= 0.6 is 0 Å². The smallest absolute Gasteiger partial charge is 0.272 e. The Kier molecular flexibility index (Phi) is 2.51. The molecule has 16 heavy (non-hydrogen) atoms. The fraction of sp³-hybridized carbons (Fsp3) is 0. The highest BCUT2D eigenvalue weighted by Crippen LogP contribution is 2.15. The van der Waals surface area contributed by atoms with Crippen molar-refractivity contribution in [3.63, 3.8) is 0 Å². The van der Waals surface area contributed by atoms with E-state index in [1.807, 2.05) is 0 Å². The Morgan fingerprint density at radius 2 is 1.69 bits per heavy atom. The average molecular weight is 216 g/mol. The molecule has 0 spiro atoms. The van der Waals surface area contributed by atoms with Gasteiger partial charge >= 0.3 is 0 Å². The Labute approximate surface area is 91.3 Å². The van der Waals surface area contributed by atoms with Crippen LogP contribution in [0.1, 0.15) is 10.4 Å². The number of nitrogens with one attached hydrogen (secondary N) is 1. The van der Waals surface area contributed by atoms with Gasteiger partial charge in [-0.2, -0.15) is 5.01 Å². The summed E-state index contributed by atoms with van der Waals surface area (Å²) in [7, 11) is 0. The van der Waals surface area contributed by atoms with E-state index >= 15 is 0 Å². The summed E-state index contributed by atoms with van der Waals surface area (Å²) in [6.07, 6.45) is 2.98. The number of amides is 2. The number of hydrazine groups is 1. The lowest BCUT2D eigenvalue weighted by Gasteiger charge is -2.17. The van der Waals surface area contributed by atoms with Gasteiger partial charge in [0.15, 0.2) is 6.29 Å². The number of aldehydes is 1. The number of rotatable bonds is 3. The molecule has 5 nitrogen and oxygen atoms in total. The summed E-state index contributed by atoms with van der Waals surface area (Å²) in [6, 6.07) is 6.60. The largest absolute Gasteiger partial charge is 0.298 e. The van der Waals surface area contributed by atoms with Crippen molar-refractivity contribution in [2.45, 2.75) is 0 Å². The van der Waals surface area contributed by atoms with Crippen molar-refractivity contribution in [1.29, 1.82) is 0 Å². The number of carbonyl (C=O) groups is 3. The van der Waals surface area contributed by atoms with Crippen molar-refractivity contribution < 1.29 is 14.4 Å². The molecule has 0 saturated carbocycles. The van der Waals surface area contributed by atoms with Crippen molar-refractivity contribution in [2.75, 3.05) is 5.43 Å². The lowest BCUT2D eigenvalue weighted by molar-refractivity contribution is -0.135. The minimum absolute atomic E-state index is 0.384. The first-order valence-corrected chi connectivity index (χ1v) is 4.59. The molecule has 0 bridgehead atoms. The SMILES string of the molecule is O=Cc1ccccc1NN1C(=O)C=CC1=O. The summed E-state index contributed by atoms with van der Waals surface area (Å²) < 4.78 is 0. The molecule has 0 fully saturated rings. The van der Waals surface area contributed by atoms with Crippen LogP contribution in [-0.4, -0.2) is 23.1 Å². The van der Waals surface area contributed by atoms with Gasteiger partial charge in [0.1, 0.15) is 0 Å². The molecule has 0 atom stereocenters. The second-order valence-electron chi connectivity index (χ2n) is 3.16. The molecule has 1 N–H and O–H groups in total. The Hall–Kier alpha value is -2.43. The van der Waals surface area contributed by atoms with Gasteiger partial charge in [-0.15, -0.1) is 0 Å². The zero-order valence-corrected chi connectivity index (χ0v) is 8.21. The molecular formula is C11H8N2O3. The van der Waals surface area contributed by atoms with Crippen molar-refractivity contribution in [1.82, 2.24) is 5.01 Å². The summed E-state index contributed by atoms with van der Waals surface area (Å²) in [6.45, 7) is 0. The normalized spacial score (nSPS) is 14.4. The summed E-state index contributed by atoms with van der Waals surface area (Å²) in [5.41, 5.74) is 3.40. The first-order valence-electron chi connectivity index (χ1n) is 4.59. The van der Waals surface area contributed by atoms with E-state index in [-0.39, 0.29) is 0 Å². The maximum Gasteiger partial charge on any atom is 0.272 e. The molecule has 1 aromatic rings. The van der Waals surface area contributed by atoms with Crippen LogP contribution in [-0.2, 0) is 9.59 Å². The third-order valence-electron chi connectivity index (χ3n) is 2.13. The lowest BCUT2D eigenvalue weighted by Crippen LogP contribution is -2.35. The van der Waals surface area contributed by atoms with E-state index in [9.17, 15) is 14.4 Å². The molecule has 0 aromatic heterocycles. The van der Waals surface area contributed by atoms with Crippen LogP contribution in [0.15, 0.2) is 36.4 Å². The number of benzene rings is 1. The van der Waals surface area contributed by atoms with Gasteiger partial charge in [0.05, 0.1) is 5.69 Å². The standard InChI is InChI=1S/C11H8N2O3/c14-7-8-3-1-2-4-9(8)12-13-10(15)5-6-11(13)16/h1-7,12H. The molecule has 1 heterocycles. The molecule has 1 aliphatic heterocycles. The van der Waals surface area contributed by atoms with E-state index in [1.54, 1.807) is 24.3 Å². The maximum absolute atomic E-state index is 11.3. The Balaban J connectivity index is 2.24. The van der Waals surface area contributed by atoms with Gasteiger partial charge in [-0.05, 0) is 12.1 Å². The van der Waals surface area contributed by atoms with Gasteiger partial charge < -0.3 is 0 Å². The average Bonchev–Trinajstić information content (AvgIpc) is 2.61. The summed E-state index contributed by atoms with van der Waals surface area (Å²) >= 11 is 0. The van der Waals surface area contributed by atoms with Crippen molar-refractivity contribution in [3.8, 4) is 0 Å².